The van der Waals surface area contributed by atoms with Crippen molar-refractivity contribution in [3.05, 3.63) is 16.1 Å². The number of aryl methyl sites for hydroxylation is 1. The van der Waals surface area contributed by atoms with Crippen LogP contribution in [0.5, 0.6) is 0 Å². The SMILES string of the molecule is CN=C(NCC1CCN(Cc2csc(C)n2)CC1)N1CC(C)CC(C)C1.I. The molecule has 2 fully saturated rings. The molecule has 3 heterocycles. The minimum absolute atomic E-state index is 0. The van der Waals surface area contributed by atoms with Crippen molar-refractivity contribution in [1.29, 1.82) is 0 Å². The van der Waals surface area contributed by atoms with Crippen LogP contribution in [0.3, 0.4) is 0 Å². The fourth-order valence-corrected chi connectivity index (χ4v) is 5.07. The first kappa shape index (κ1) is 22.9. The summed E-state index contributed by atoms with van der Waals surface area (Å²) in [6.07, 6.45) is 3.87. The summed E-state index contributed by atoms with van der Waals surface area (Å²) in [4.78, 5) is 14.2. The second-order valence-electron chi connectivity index (χ2n) is 8.36. The molecule has 1 aromatic heterocycles. The lowest BCUT2D eigenvalue weighted by molar-refractivity contribution is 0.173. The Kier molecular flexibility index (Phi) is 9.28. The van der Waals surface area contributed by atoms with Gasteiger partial charge in [0, 0.05) is 38.6 Å². The summed E-state index contributed by atoms with van der Waals surface area (Å²) in [6.45, 7) is 13.5. The number of guanidine groups is 1. The van der Waals surface area contributed by atoms with Gasteiger partial charge in [0.1, 0.15) is 0 Å². The van der Waals surface area contributed by atoms with Gasteiger partial charge in [-0.1, -0.05) is 13.8 Å². The maximum absolute atomic E-state index is 4.60. The Labute approximate surface area is 186 Å². The number of piperidine rings is 2. The van der Waals surface area contributed by atoms with E-state index in [1.807, 2.05) is 7.05 Å². The first-order chi connectivity index (χ1) is 12.5. The van der Waals surface area contributed by atoms with Crippen LogP contribution in [0.25, 0.3) is 0 Å². The molecule has 1 N–H and O–H groups in total. The van der Waals surface area contributed by atoms with Crippen LogP contribution >= 0.6 is 35.3 Å². The molecule has 2 saturated heterocycles. The average molecular weight is 506 g/mol. The first-order valence-corrected chi connectivity index (χ1v) is 11.0. The zero-order valence-corrected chi connectivity index (χ0v) is 20.4. The molecule has 0 aliphatic carbocycles. The molecular formula is C20H36IN5S. The van der Waals surface area contributed by atoms with E-state index in [2.05, 4.69) is 51.2 Å². The zero-order valence-electron chi connectivity index (χ0n) is 17.3. The Morgan fingerprint density at radius 3 is 2.48 bits per heavy atom. The van der Waals surface area contributed by atoms with Crippen LogP contribution in [-0.4, -0.2) is 60.5 Å². The predicted molar refractivity (Wildman–Crippen MR) is 126 cm³/mol. The van der Waals surface area contributed by atoms with E-state index in [1.54, 1.807) is 11.3 Å². The van der Waals surface area contributed by atoms with Crippen LogP contribution in [0.1, 0.15) is 43.8 Å². The molecule has 0 spiro atoms. The molecule has 5 nitrogen and oxygen atoms in total. The predicted octanol–water partition coefficient (Wildman–Crippen LogP) is 3.83. The summed E-state index contributed by atoms with van der Waals surface area (Å²) < 4.78 is 0. The van der Waals surface area contributed by atoms with Gasteiger partial charge >= 0.3 is 0 Å². The third kappa shape index (κ3) is 6.85. The standard InChI is InChI=1S/C20H35N5S.HI/c1-15-9-16(2)12-25(11-15)20(21-4)22-10-18-5-7-24(8-6-18)13-19-14-26-17(3)23-19;/h14-16,18H,5-13H2,1-4H3,(H,21,22);1H. The number of halogens is 1. The third-order valence-corrected chi connectivity index (χ3v) is 6.51. The molecule has 0 bridgehead atoms. The van der Waals surface area contributed by atoms with Gasteiger partial charge in [0.15, 0.2) is 5.96 Å². The fourth-order valence-electron chi connectivity index (χ4n) is 4.46. The summed E-state index contributed by atoms with van der Waals surface area (Å²) in [7, 11) is 1.92. The van der Waals surface area contributed by atoms with Gasteiger partial charge in [-0.15, -0.1) is 35.3 Å². The summed E-state index contributed by atoms with van der Waals surface area (Å²) in [6, 6.07) is 0. The topological polar surface area (TPSA) is 43.8 Å². The van der Waals surface area contributed by atoms with Crippen molar-refractivity contribution in [1.82, 2.24) is 20.1 Å². The molecule has 0 saturated carbocycles. The van der Waals surface area contributed by atoms with Gasteiger partial charge in [0.2, 0.25) is 0 Å². The number of hydrogen-bond donors (Lipinski definition) is 1. The van der Waals surface area contributed by atoms with Gasteiger partial charge in [-0.25, -0.2) is 4.98 Å². The van der Waals surface area contributed by atoms with Gasteiger partial charge in [0.25, 0.3) is 0 Å². The smallest absolute Gasteiger partial charge is 0.193 e. The molecule has 154 valence electrons. The maximum atomic E-state index is 4.60. The van der Waals surface area contributed by atoms with Gasteiger partial charge in [-0.3, -0.25) is 9.89 Å². The van der Waals surface area contributed by atoms with Crippen molar-refractivity contribution in [3.8, 4) is 0 Å². The molecule has 3 rings (SSSR count). The number of aromatic nitrogens is 1. The van der Waals surface area contributed by atoms with Crippen LogP contribution in [0.2, 0.25) is 0 Å². The van der Waals surface area contributed by atoms with E-state index in [-0.39, 0.29) is 24.0 Å². The number of nitrogens with zero attached hydrogens (tertiary/aromatic N) is 4. The summed E-state index contributed by atoms with van der Waals surface area (Å²) in [5.74, 6) is 3.37. The second-order valence-corrected chi connectivity index (χ2v) is 9.42. The van der Waals surface area contributed by atoms with E-state index in [9.17, 15) is 0 Å². The lowest BCUT2D eigenvalue weighted by atomic mass is 9.92. The van der Waals surface area contributed by atoms with Crippen molar-refractivity contribution in [2.24, 2.45) is 22.7 Å². The largest absolute Gasteiger partial charge is 0.356 e. The van der Waals surface area contributed by atoms with E-state index >= 15 is 0 Å². The fraction of sp³-hybridized carbons (Fsp3) is 0.800. The average Bonchev–Trinajstić information content (AvgIpc) is 3.01. The van der Waals surface area contributed by atoms with Crippen LogP contribution < -0.4 is 5.32 Å². The van der Waals surface area contributed by atoms with E-state index in [0.29, 0.717) is 0 Å². The van der Waals surface area contributed by atoms with Crippen LogP contribution in [0.15, 0.2) is 10.4 Å². The molecule has 1 aromatic rings. The van der Waals surface area contributed by atoms with E-state index in [4.69, 9.17) is 0 Å². The number of hydrogen-bond acceptors (Lipinski definition) is 4. The molecule has 2 aliphatic rings. The summed E-state index contributed by atoms with van der Waals surface area (Å²) >= 11 is 1.76. The molecule has 2 atom stereocenters. The molecule has 2 aliphatic heterocycles. The van der Waals surface area contributed by atoms with Crippen molar-refractivity contribution >= 4 is 41.3 Å². The maximum Gasteiger partial charge on any atom is 0.193 e. The Balaban J connectivity index is 0.00000261. The normalized spacial score (nSPS) is 25.3. The minimum Gasteiger partial charge on any atom is -0.356 e. The number of nitrogens with one attached hydrogen (secondary N) is 1. The highest BCUT2D eigenvalue weighted by atomic mass is 127. The molecule has 0 amide bonds. The van der Waals surface area contributed by atoms with E-state index < -0.39 is 0 Å². The molecule has 2 unspecified atom stereocenters. The molecule has 0 aromatic carbocycles. The van der Waals surface area contributed by atoms with Crippen molar-refractivity contribution in [2.45, 2.75) is 46.6 Å². The molecule has 27 heavy (non-hydrogen) atoms. The van der Waals surface area contributed by atoms with Gasteiger partial charge in [-0.05, 0) is 57.0 Å². The first-order valence-electron chi connectivity index (χ1n) is 10.1. The Morgan fingerprint density at radius 2 is 1.93 bits per heavy atom. The highest BCUT2D eigenvalue weighted by molar-refractivity contribution is 14.0. The number of thiazole rings is 1. The van der Waals surface area contributed by atoms with Gasteiger partial charge in [0.05, 0.1) is 10.7 Å². The summed E-state index contributed by atoms with van der Waals surface area (Å²) in [5, 5.41) is 7.04. The number of aliphatic imine (C=N–C) groups is 1. The zero-order chi connectivity index (χ0) is 18.5. The highest BCUT2D eigenvalue weighted by Crippen LogP contribution is 2.22. The minimum atomic E-state index is 0. The highest BCUT2D eigenvalue weighted by Gasteiger charge is 2.25. The Morgan fingerprint density at radius 1 is 1.26 bits per heavy atom. The monoisotopic (exact) mass is 505 g/mol. The summed E-state index contributed by atoms with van der Waals surface area (Å²) in [5.41, 5.74) is 1.23. The second kappa shape index (κ2) is 11.0. The quantitative estimate of drug-likeness (QED) is 0.384. The lowest BCUT2D eigenvalue weighted by Crippen LogP contribution is -2.50. The molecule has 7 heteroatoms. The van der Waals surface area contributed by atoms with Gasteiger partial charge < -0.3 is 10.2 Å². The Hall–Kier alpha value is -0.410. The molecule has 0 radical (unpaired) electrons. The van der Waals surface area contributed by atoms with Crippen LogP contribution in [0.4, 0.5) is 0 Å². The van der Waals surface area contributed by atoms with Crippen LogP contribution in [-0.2, 0) is 6.54 Å². The van der Waals surface area contributed by atoms with Crippen molar-refractivity contribution in [2.75, 3.05) is 39.8 Å². The van der Waals surface area contributed by atoms with Gasteiger partial charge in [-0.2, -0.15) is 0 Å². The number of rotatable bonds is 4. The van der Waals surface area contributed by atoms with E-state index in [1.165, 1.54) is 43.1 Å². The van der Waals surface area contributed by atoms with Crippen LogP contribution in [0, 0.1) is 24.7 Å². The number of likely N-dealkylation sites (tertiary alicyclic amines) is 2. The lowest BCUT2D eigenvalue weighted by Gasteiger charge is -2.38. The van der Waals surface area contributed by atoms with Crippen molar-refractivity contribution < 1.29 is 0 Å². The van der Waals surface area contributed by atoms with E-state index in [0.717, 1.165) is 49.9 Å². The van der Waals surface area contributed by atoms with Crippen molar-refractivity contribution in [3.63, 3.8) is 0 Å². The Bertz CT molecular complexity index is 587. The third-order valence-electron chi connectivity index (χ3n) is 5.69. The molecular weight excluding hydrogens is 469 g/mol.